The molecule has 1 saturated heterocycles. The minimum Gasteiger partial charge on any atom is -0.342 e. The van der Waals surface area contributed by atoms with E-state index < -0.39 is 15.6 Å². The van der Waals surface area contributed by atoms with Gasteiger partial charge in [-0.15, -0.1) is 0 Å². The van der Waals surface area contributed by atoms with Gasteiger partial charge in [0, 0.05) is 13.1 Å². The van der Waals surface area contributed by atoms with E-state index >= 15 is 0 Å². The molecule has 0 bridgehead atoms. The summed E-state index contributed by atoms with van der Waals surface area (Å²) >= 11 is 0. The Hall–Kier alpha value is -1.36. The van der Waals surface area contributed by atoms with E-state index in [1.807, 2.05) is 12.1 Å². The van der Waals surface area contributed by atoms with Crippen LogP contribution in [0.3, 0.4) is 0 Å². The van der Waals surface area contributed by atoms with E-state index in [2.05, 4.69) is 20.8 Å². The Kier molecular flexibility index (Phi) is 5.74. The Balaban J connectivity index is 2.25. The van der Waals surface area contributed by atoms with Crippen molar-refractivity contribution in [2.45, 2.75) is 63.7 Å². The zero-order valence-electron chi connectivity index (χ0n) is 15.3. The molecule has 0 atom stereocenters. The van der Waals surface area contributed by atoms with E-state index in [-0.39, 0.29) is 16.2 Å². The molecule has 5 heteroatoms. The minimum absolute atomic E-state index is 0.132. The maximum atomic E-state index is 12.8. The van der Waals surface area contributed by atoms with Gasteiger partial charge in [-0.05, 0) is 42.4 Å². The van der Waals surface area contributed by atoms with Crippen molar-refractivity contribution in [1.29, 1.82) is 0 Å². The predicted octanol–water partition coefficient (Wildman–Crippen LogP) is 3.47. The monoisotopic (exact) mass is 351 g/mol. The van der Waals surface area contributed by atoms with Gasteiger partial charge in [0.05, 0.1) is 4.90 Å². The van der Waals surface area contributed by atoms with Gasteiger partial charge in [0.1, 0.15) is 5.75 Å². The summed E-state index contributed by atoms with van der Waals surface area (Å²) in [5.41, 5.74) is 1.54. The molecule has 0 aliphatic carbocycles. The maximum Gasteiger partial charge on any atom is 0.238 e. The first-order chi connectivity index (χ1) is 11.1. The molecule has 2 rings (SSSR count). The molecule has 1 aromatic rings. The molecule has 1 fully saturated rings. The summed E-state index contributed by atoms with van der Waals surface area (Å²) in [6.07, 6.45) is 4.15. The van der Waals surface area contributed by atoms with Crippen molar-refractivity contribution in [3.8, 4) is 0 Å². The van der Waals surface area contributed by atoms with Crippen LogP contribution in [0.4, 0.5) is 0 Å². The summed E-state index contributed by atoms with van der Waals surface area (Å²) in [7, 11) is -3.63. The molecule has 1 heterocycles. The third kappa shape index (κ3) is 4.59. The van der Waals surface area contributed by atoms with Gasteiger partial charge < -0.3 is 4.90 Å². The number of carbonyl (C=O) groups is 1. The van der Waals surface area contributed by atoms with Crippen molar-refractivity contribution in [3.05, 3.63) is 29.3 Å². The van der Waals surface area contributed by atoms with Crippen LogP contribution in [0.15, 0.2) is 23.1 Å². The van der Waals surface area contributed by atoms with E-state index in [0.29, 0.717) is 18.7 Å². The molecule has 134 valence electrons. The lowest BCUT2D eigenvalue weighted by Gasteiger charge is -2.22. The van der Waals surface area contributed by atoms with Gasteiger partial charge >= 0.3 is 0 Å². The lowest BCUT2D eigenvalue weighted by atomic mass is 9.87. The van der Waals surface area contributed by atoms with Crippen molar-refractivity contribution in [1.82, 2.24) is 4.90 Å². The van der Waals surface area contributed by atoms with E-state index in [9.17, 15) is 13.2 Å². The van der Waals surface area contributed by atoms with Crippen LogP contribution < -0.4 is 0 Å². The van der Waals surface area contributed by atoms with Crippen LogP contribution in [0, 0.1) is 6.92 Å². The average Bonchev–Trinajstić information content (AvgIpc) is 2.74. The second kappa shape index (κ2) is 7.26. The number of rotatable bonds is 3. The number of sulfone groups is 1. The van der Waals surface area contributed by atoms with Crippen molar-refractivity contribution < 1.29 is 13.2 Å². The van der Waals surface area contributed by atoms with Crippen LogP contribution in [0.5, 0.6) is 0 Å². The van der Waals surface area contributed by atoms with Crippen molar-refractivity contribution >= 4 is 15.7 Å². The van der Waals surface area contributed by atoms with Gasteiger partial charge in [0.25, 0.3) is 0 Å². The largest absolute Gasteiger partial charge is 0.342 e. The number of hydrogen-bond acceptors (Lipinski definition) is 3. The molecule has 1 aliphatic heterocycles. The fourth-order valence-electron chi connectivity index (χ4n) is 3.05. The Labute approximate surface area is 146 Å². The first-order valence-electron chi connectivity index (χ1n) is 8.73. The summed E-state index contributed by atoms with van der Waals surface area (Å²) < 4.78 is 25.6. The van der Waals surface area contributed by atoms with Crippen LogP contribution in [0.1, 0.15) is 57.6 Å². The predicted molar refractivity (Wildman–Crippen MR) is 97.0 cm³/mol. The van der Waals surface area contributed by atoms with Gasteiger partial charge in [-0.3, -0.25) is 4.79 Å². The van der Waals surface area contributed by atoms with Crippen LogP contribution in [0.2, 0.25) is 0 Å². The lowest BCUT2D eigenvalue weighted by Crippen LogP contribution is -2.36. The molecule has 4 nitrogen and oxygen atoms in total. The number of carbonyl (C=O) groups excluding carboxylic acids is 1. The fourth-order valence-corrected chi connectivity index (χ4v) is 4.58. The highest BCUT2D eigenvalue weighted by Gasteiger charge is 2.26. The van der Waals surface area contributed by atoms with Gasteiger partial charge in [-0.25, -0.2) is 8.42 Å². The summed E-state index contributed by atoms with van der Waals surface area (Å²) in [5.74, 6) is -0.695. The molecule has 0 saturated carbocycles. The smallest absolute Gasteiger partial charge is 0.238 e. The van der Waals surface area contributed by atoms with Crippen molar-refractivity contribution in [3.63, 3.8) is 0 Å². The highest BCUT2D eigenvalue weighted by molar-refractivity contribution is 7.92. The summed E-state index contributed by atoms with van der Waals surface area (Å²) in [4.78, 5) is 14.5. The molecule has 0 aromatic heterocycles. The van der Waals surface area contributed by atoms with Crippen molar-refractivity contribution in [2.24, 2.45) is 0 Å². The third-order valence-corrected chi connectivity index (χ3v) is 6.40. The van der Waals surface area contributed by atoms with Gasteiger partial charge in [0.15, 0.2) is 9.84 Å². The van der Waals surface area contributed by atoms with E-state index in [4.69, 9.17) is 0 Å². The van der Waals surface area contributed by atoms with Gasteiger partial charge in [0.2, 0.25) is 5.91 Å². The first-order valence-corrected chi connectivity index (χ1v) is 10.4. The second-order valence-electron chi connectivity index (χ2n) is 7.78. The zero-order chi connectivity index (χ0) is 18.0. The molecule has 1 aromatic carbocycles. The zero-order valence-corrected chi connectivity index (χ0v) is 16.1. The number of likely N-dealkylation sites (tertiary alicyclic amines) is 1. The summed E-state index contributed by atoms with van der Waals surface area (Å²) in [6, 6.07) is 5.54. The van der Waals surface area contributed by atoms with Gasteiger partial charge in [-0.1, -0.05) is 45.7 Å². The molecular formula is C19H29NO3S. The standard InChI is InChI=1S/C19H29NO3S/c1-15-9-10-16(19(2,3)4)13-17(15)24(22,23)14-18(21)20-11-7-5-6-8-12-20/h9-10,13H,5-8,11-12,14H2,1-4H3. The molecule has 1 aliphatic rings. The number of hydrogen-bond donors (Lipinski definition) is 0. The molecule has 0 unspecified atom stereocenters. The molecule has 24 heavy (non-hydrogen) atoms. The molecule has 0 N–H and O–H groups in total. The van der Waals surface area contributed by atoms with Crippen LogP contribution in [-0.2, 0) is 20.0 Å². The third-order valence-electron chi connectivity index (χ3n) is 4.66. The van der Waals surface area contributed by atoms with Crippen LogP contribution in [-0.4, -0.2) is 38.1 Å². The van der Waals surface area contributed by atoms with E-state index in [0.717, 1.165) is 31.2 Å². The number of nitrogens with zero attached hydrogens (tertiary/aromatic N) is 1. The van der Waals surface area contributed by atoms with Crippen molar-refractivity contribution in [2.75, 3.05) is 18.8 Å². The fraction of sp³-hybridized carbons (Fsp3) is 0.632. The molecule has 1 amide bonds. The minimum atomic E-state index is -3.63. The lowest BCUT2D eigenvalue weighted by molar-refractivity contribution is -0.128. The highest BCUT2D eigenvalue weighted by atomic mass is 32.2. The van der Waals surface area contributed by atoms with E-state index in [1.165, 1.54) is 0 Å². The maximum absolute atomic E-state index is 12.8. The van der Waals surface area contributed by atoms with E-state index in [1.54, 1.807) is 17.9 Å². The number of benzene rings is 1. The Morgan fingerprint density at radius 1 is 1.08 bits per heavy atom. The SMILES string of the molecule is Cc1ccc(C(C)(C)C)cc1S(=O)(=O)CC(=O)N1CCCCCC1. The molecule has 0 radical (unpaired) electrons. The summed E-state index contributed by atoms with van der Waals surface area (Å²) in [6.45, 7) is 9.30. The Morgan fingerprint density at radius 2 is 1.67 bits per heavy atom. The Morgan fingerprint density at radius 3 is 2.21 bits per heavy atom. The summed E-state index contributed by atoms with van der Waals surface area (Å²) in [5, 5.41) is 0. The second-order valence-corrected chi connectivity index (χ2v) is 9.74. The number of aryl methyl sites for hydroxylation is 1. The normalized spacial score (nSPS) is 16.8. The van der Waals surface area contributed by atoms with Crippen LogP contribution in [0.25, 0.3) is 0 Å². The number of amides is 1. The molecular weight excluding hydrogens is 322 g/mol. The topological polar surface area (TPSA) is 54.5 Å². The Bertz CT molecular complexity index is 694. The molecule has 0 spiro atoms. The highest BCUT2D eigenvalue weighted by Crippen LogP contribution is 2.27. The first kappa shape index (κ1) is 19.0. The van der Waals surface area contributed by atoms with Crippen LogP contribution >= 0.6 is 0 Å². The quantitative estimate of drug-likeness (QED) is 0.838. The average molecular weight is 352 g/mol. The van der Waals surface area contributed by atoms with Gasteiger partial charge in [-0.2, -0.15) is 0 Å².